The van der Waals surface area contributed by atoms with Crippen molar-refractivity contribution in [2.75, 3.05) is 18.1 Å². The Kier molecular flexibility index (Phi) is 4.82. The predicted molar refractivity (Wildman–Crippen MR) is 105 cm³/mol. The molecule has 0 saturated carbocycles. The highest BCUT2D eigenvalue weighted by Crippen LogP contribution is 2.35. The Labute approximate surface area is 165 Å². The molecule has 0 radical (unpaired) electrons. The van der Waals surface area contributed by atoms with Gasteiger partial charge in [-0.25, -0.2) is 0 Å². The van der Waals surface area contributed by atoms with Gasteiger partial charge in [-0.05, 0) is 22.4 Å². The molecule has 0 aromatic heterocycles. The van der Waals surface area contributed by atoms with E-state index < -0.39 is 16.8 Å². The molecule has 0 unspecified atom stereocenters. The van der Waals surface area contributed by atoms with Gasteiger partial charge in [0.05, 0.1) is 10.6 Å². The Bertz CT molecular complexity index is 1120. The van der Waals surface area contributed by atoms with Gasteiger partial charge in [0, 0.05) is 12.1 Å². The van der Waals surface area contributed by atoms with E-state index in [1.165, 1.54) is 18.2 Å². The lowest BCUT2D eigenvalue weighted by Crippen LogP contribution is -2.42. The van der Waals surface area contributed by atoms with Crippen molar-refractivity contribution in [2.24, 2.45) is 0 Å². The summed E-state index contributed by atoms with van der Waals surface area (Å²) in [5.74, 6) is -0.789. The predicted octanol–water partition coefficient (Wildman–Crippen LogP) is 3.22. The van der Waals surface area contributed by atoms with E-state index >= 15 is 0 Å². The first kappa shape index (κ1) is 18.4. The lowest BCUT2D eigenvalue weighted by Gasteiger charge is -2.28. The van der Waals surface area contributed by atoms with Gasteiger partial charge in [-0.3, -0.25) is 24.6 Å². The molecule has 0 saturated heterocycles. The Balaban J connectivity index is 1.50. The van der Waals surface area contributed by atoms with Gasteiger partial charge in [0.25, 0.3) is 11.6 Å². The van der Waals surface area contributed by atoms with Crippen LogP contribution in [0.4, 0.5) is 11.4 Å². The van der Waals surface area contributed by atoms with E-state index in [1.807, 2.05) is 42.5 Å². The number of rotatable bonds is 5. The van der Waals surface area contributed by atoms with Crippen LogP contribution in [-0.4, -0.2) is 30.0 Å². The number of amides is 1. The average molecular weight is 392 g/mol. The lowest BCUT2D eigenvalue weighted by atomic mass is 10.1. The minimum Gasteiger partial charge on any atom is -0.482 e. The lowest BCUT2D eigenvalue weighted by molar-refractivity contribution is -0.384. The number of non-ortho nitro benzene ring substituents is 1. The number of benzene rings is 3. The Morgan fingerprint density at radius 3 is 2.76 bits per heavy atom. The number of nitro groups is 1. The molecule has 0 atom stereocenters. The summed E-state index contributed by atoms with van der Waals surface area (Å²) in [6, 6.07) is 17.4. The molecular formula is C21H16N2O6. The number of carbonyl (C=O) groups excluding carboxylic acids is 2. The van der Waals surface area contributed by atoms with Crippen LogP contribution < -0.4 is 9.64 Å². The molecule has 0 fully saturated rings. The second kappa shape index (κ2) is 7.59. The van der Waals surface area contributed by atoms with Crippen molar-refractivity contribution in [1.29, 1.82) is 0 Å². The molecule has 8 heteroatoms. The molecule has 1 heterocycles. The fourth-order valence-corrected chi connectivity index (χ4v) is 3.23. The zero-order valence-electron chi connectivity index (χ0n) is 15.2. The molecule has 0 aliphatic carbocycles. The van der Waals surface area contributed by atoms with Gasteiger partial charge in [-0.15, -0.1) is 0 Å². The molecule has 29 heavy (non-hydrogen) atoms. The van der Waals surface area contributed by atoms with E-state index in [0.717, 1.165) is 21.2 Å². The number of carbonyl (C=O) groups is 2. The molecular weight excluding hydrogens is 376 g/mol. The maximum Gasteiger partial charge on any atom is 0.326 e. The van der Waals surface area contributed by atoms with Gasteiger partial charge < -0.3 is 9.47 Å². The zero-order valence-corrected chi connectivity index (χ0v) is 15.2. The Morgan fingerprint density at radius 1 is 1.14 bits per heavy atom. The molecule has 1 aliphatic rings. The SMILES string of the molecule is O=C(CN1C(=O)COc2ccc([N+](=O)[O-])cc21)OCc1cccc2ccccc12. The summed E-state index contributed by atoms with van der Waals surface area (Å²) in [5, 5.41) is 13.0. The molecule has 146 valence electrons. The summed E-state index contributed by atoms with van der Waals surface area (Å²) in [6.07, 6.45) is 0. The van der Waals surface area contributed by atoms with Gasteiger partial charge in [0.1, 0.15) is 18.9 Å². The summed E-state index contributed by atoms with van der Waals surface area (Å²) >= 11 is 0. The van der Waals surface area contributed by atoms with Gasteiger partial charge in [-0.1, -0.05) is 42.5 Å². The highest BCUT2D eigenvalue weighted by atomic mass is 16.6. The van der Waals surface area contributed by atoms with Crippen molar-refractivity contribution in [3.63, 3.8) is 0 Å². The van der Waals surface area contributed by atoms with Crippen molar-refractivity contribution in [3.05, 3.63) is 76.3 Å². The van der Waals surface area contributed by atoms with Crippen LogP contribution in [0.1, 0.15) is 5.56 Å². The largest absolute Gasteiger partial charge is 0.482 e. The van der Waals surface area contributed by atoms with E-state index in [4.69, 9.17) is 9.47 Å². The summed E-state index contributed by atoms with van der Waals surface area (Å²) in [6.45, 7) is -0.553. The van der Waals surface area contributed by atoms with E-state index in [1.54, 1.807) is 0 Å². The summed E-state index contributed by atoms with van der Waals surface area (Å²) in [7, 11) is 0. The highest BCUT2D eigenvalue weighted by molar-refractivity contribution is 6.01. The number of hydrogen-bond acceptors (Lipinski definition) is 6. The molecule has 0 N–H and O–H groups in total. The summed E-state index contributed by atoms with van der Waals surface area (Å²) < 4.78 is 10.7. The fraction of sp³-hybridized carbons (Fsp3) is 0.143. The van der Waals surface area contributed by atoms with Crippen molar-refractivity contribution < 1.29 is 24.0 Å². The summed E-state index contributed by atoms with van der Waals surface area (Å²) in [5.41, 5.74) is 0.828. The molecule has 1 aliphatic heterocycles. The maximum atomic E-state index is 12.4. The van der Waals surface area contributed by atoms with E-state index in [9.17, 15) is 19.7 Å². The first-order chi connectivity index (χ1) is 14.0. The van der Waals surface area contributed by atoms with Crippen LogP contribution in [-0.2, 0) is 20.9 Å². The third-order valence-corrected chi connectivity index (χ3v) is 4.65. The van der Waals surface area contributed by atoms with Crippen LogP contribution >= 0.6 is 0 Å². The molecule has 0 bridgehead atoms. The molecule has 3 aromatic rings. The third kappa shape index (κ3) is 3.73. The fourth-order valence-electron chi connectivity index (χ4n) is 3.23. The van der Waals surface area contributed by atoms with Crippen LogP contribution in [0.25, 0.3) is 10.8 Å². The number of anilines is 1. The van der Waals surface area contributed by atoms with Crippen molar-refractivity contribution in [1.82, 2.24) is 0 Å². The smallest absolute Gasteiger partial charge is 0.326 e. The molecule has 0 spiro atoms. The molecule has 3 aromatic carbocycles. The number of hydrogen-bond donors (Lipinski definition) is 0. The van der Waals surface area contributed by atoms with Gasteiger partial charge in [-0.2, -0.15) is 0 Å². The number of esters is 1. The quantitative estimate of drug-likeness (QED) is 0.376. The Morgan fingerprint density at radius 2 is 1.93 bits per heavy atom. The second-order valence-electron chi connectivity index (χ2n) is 6.48. The van der Waals surface area contributed by atoms with Crippen LogP contribution in [0.3, 0.4) is 0 Å². The number of ether oxygens (including phenoxy) is 2. The monoisotopic (exact) mass is 392 g/mol. The topological polar surface area (TPSA) is 99.0 Å². The Hall–Kier alpha value is -3.94. The zero-order chi connectivity index (χ0) is 20.4. The molecule has 8 nitrogen and oxygen atoms in total. The van der Waals surface area contributed by atoms with E-state index in [-0.39, 0.29) is 31.1 Å². The number of nitrogens with zero attached hydrogens (tertiary/aromatic N) is 2. The maximum absolute atomic E-state index is 12.4. The minimum absolute atomic E-state index is 0.0561. The van der Waals surface area contributed by atoms with Crippen LogP contribution in [0.5, 0.6) is 5.75 Å². The van der Waals surface area contributed by atoms with Crippen LogP contribution in [0.15, 0.2) is 60.7 Å². The normalized spacial score (nSPS) is 13.0. The van der Waals surface area contributed by atoms with E-state index in [0.29, 0.717) is 5.75 Å². The average Bonchev–Trinajstić information content (AvgIpc) is 2.73. The summed E-state index contributed by atoms with van der Waals surface area (Å²) in [4.78, 5) is 36.3. The highest BCUT2D eigenvalue weighted by Gasteiger charge is 2.29. The van der Waals surface area contributed by atoms with Crippen molar-refractivity contribution >= 4 is 34.0 Å². The van der Waals surface area contributed by atoms with Gasteiger partial charge in [0.2, 0.25) is 0 Å². The van der Waals surface area contributed by atoms with Crippen LogP contribution in [0, 0.1) is 10.1 Å². The van der Waals surface area contributed by atoms with Crippen molar-refractivity contribution in [2.45, 2.75) is 6.61 Å². The van der Waals surface area contributed by atoms with Crippen LogP contribution in [0.2, 0.25) is 0 Å². The third-order valence-electron chi connectivity index (χ3n) is 4.65. The first-order valence-electron chi connectivity index (χ1n) is 8.87. The number of fused-ring (bicyclic) bond motifs is 2. The first-order valence-corrected chi connectivity index (χ1v) is 8.87. The van der Waals surface area contributed by atoms with Crippen molar-refractivity contribution in [3.8, 4) is 5.75 Å². The minimum atomic E-state index is -0.620. The molecule has 1 amide bonds. The number of nitro benzene ring substituents is 1. The van der Waals surface area contributed by atoms with Gasteiger partial charge in [0.15, 0.2) is 6.61 Å². The molecule has 4 rings (SSSR count). The standard InChI is InChI=1S/C21H16N2O6/c24-20-13-28-19-9-8-16(23(26)27)10-18(19)22(20)11-21(25)29-12-15-6-3-5-14-4-1-2-7-17(14)15/h1-10H,11-13H2. The second-order valence-corrected chi connectivity index (χ2v) is 6.48. The van der Waals surface area contributed by atoms with Gasteiger partial charge >= 0.3 is 5.97 Å². The van der Waals surface area contributed by atoms with E-state index in [2.05, 4.69) is 0 Å².